The average Bonchev–Trinajstić information content (AvgIpc) is 3.25. The molecule has 1 N–H and O–H groups in total. The zero-order chi connectivity index (χ0) is 15.4. The summed E-state index contributed by atoms with van der Waals surface area (Å²) in [6, 6.07) is 4.41. The number of fused-ring (bicyclic) bond motifs is 2. The van der Waals surface area contributed by atoms with Crippen LogP contribution in [0, 0.1) is 0 Å². The highest BCUT2D eigenvalue weighted by Gasteiger charge is 2.27. The third-order valence-electron chi connectivity index (χ3n) is 4.81. The molecule has 1 fully saturated rings. The number of hydrogen-bond donors (Lipinski definition) is 1. The van der Waals surface area contributed by atoms with E-state index in [4.69, 9.17) is 10.1 Å². The first-order valence-electron chi connectivity index (χ1n) is 8.40. The molecule has 0 aromatic carbocycles. The maximum Gasteiger partial charge on any atom is 0.182 e. The molecule has 5 rings (SSSR count). The molecule has 0 spiro atoms. The van der Waals surface area contributed by atoms with Crippen LogP contribution in [0.25, 0.3) is 22.4 Å². The molecule has 6 nitrogen and oxygen atoms in total. The summed E-state index contributed by atoms with van der Waals surface area (Å²) >= 11 is 0. The number of rotatable bonds is 2. The molecular weight excluding hydrogens is 359 g/mol. The van der Waals surface area contributed by atoms with Crippen molar-refractivity contribution in [1.82, 2.24) is 29.9 Å². The molecule has 0 radical (unpaired) electrons. The standard InChI is InChI=1S/C17H20N6.2ClH/c1-22-10-14-13(11-3-4-11)8-15(19-17(14)21-22)16-7-12-9-18-5-2-6-23(12)20-16;;/h7-8,10-11,18H,2-6,9H2,1H3;2*1H. The van der Waals surface area contributed by atoms with Gasteiger partial charge in [-0.15, -0.1) is 24.8 Å². The van der Waals surface area contributed by atoms with E-state index in [1.54, 1.807) is 0 Å². The van der Waals surface area contributed by atoms with Crippen LogP contribution < -0.4 is 5.32 Å². The van der Waals surface area contributed by atoms with Crippen molar-refractivity contribution in [3.8, 4) is 11.4 Å². The minimum Gasteiger partial charge on any atom is -0.311 e. The Labute approximate surface area is 158 Å². The fraction of sp³-hybridized carbons (Fsp3) is 0.471. The van der Waals surface area contributed by atoms with Crippen LogP contribution in [0.4, 0.5) is 0 Å². The van der Waals surface area contributed by atoms with Gasteiger partial charge < -0.3 is 5.32 Å². The van der Waals surface area contributed by atoms with Gasteiger partial charge in [0.2, 0.25) is 0 Å². The van der Waals surface area contributed by atoms with E-state index in [0.29, 0.717) is 5.92 Å². The number of aromatic nitrogens is 5. The van der Waals surface area contributed by atoms with Gasteiger partial charge in [-0.1, -0.05) is 0 Å². The SMILES string of the molecule is Cl.Cl.Cn1cc2c(C3CC3)cc(-c3cc4n(n3)CCCNC4)nc2n1. The van der Waals surface area contributed by atoms with Crippen LogP contribution in [-0.4, -0.2) is 31.1 Å². The highest BCUT2D eigenvalue weighted by molar-refractivity contribution is 5.85. The first-order chi connectivity index (χ1) is 11.3. The van der Waals surface area contributed by atoms with Gasteiger partial charge in [0.15, 0.2) is 5.65 Å². The molecule has 134 valence electrons. The van der Waals surface area contributed by atoms with Gasteiger partial charge in [-0.2, -0.15) is 10.2 Å². The number of hydrogen-bond acceptors (Lipinski definition) is 4. The maximum atomic E-state index is 4.80. The van der Waals surface area contributed by atoms with E-state index >= 15 is 0 Å². The number of aryl methyl sites for hydroxylation is 2. The molecule has 1 aliphatic carbocycles. The molecule has 0 amide bonds. The quantitative estimate of drug-likeness (QED) is 0.741. The van der Waals surface area contributed by atoms with E-state index in [2.05, 4.69) is 33.4 Å². The van der Waals surface area contributed by atoms with Crippen molar-refractivity contribution in [3.05, 3.63) is 29.6 Å². The van der Waals surface area contributed by atoms with Crippen molar-refractivity contribution in [3.63, 3.8) is 0 Å². The summed E-state index contributed by atoms with van der Waals surface area (Å²) in [7, 11) is 1.96. The summed E-state index contributed by atoms with van der Waals surface area (Å²) in [6.07, 6.45) is 5.76. The van der Waals surface area contributed by atoms with Gasteiger partial charge in [0.25, 0.3) is 0 Å². The van der Waals surface area contributed by atoms with Crippen molar-refractivity contribution in [2.45, 2.75) is 38.3 Å². The molecule has 3 aromatic heterocycles. The minimum absolute atomic E-state index is 0. The number of nitrogens with one attached hydrogen (secondary N) is 1. The Morgan fingerprint density at radius 3 is 2.76 bits per heavy atom. The fourth-order valence-electron chi connectivity index (χ4n) is 3.48. The highest BCUT2D eigenvalue weighted by atomic mass is 35.5. The Morgan fingerprint density at radius 2 is 1.96 bits per heavy atom. The third kappa shape index (κ3) is 3.26. The van der Waals surface area contributed by atoms with Gasteiger partial charge in [-0.05, 0) is 49.4 Å². The van der Waals surface area contributed by atoms with E-state index in [0.717, 1.165) is 43.1 Å². The predicted molar refractivity (Wildman–Crippen MR) is 103 cm³/mol. The summed E-state index contributed by atoms with van der Waals surface area (Å²) in [4.78, 5) is 4.78. The summed E-state index contributed by atoms with van der Waals surface area (Å²) in [5, 5.41) is 14.0. The minimum atomic E-state index is 0. The van der Waals surface area contributed by atoms with Crippen LogP contribution in [0.15, 0.2) is 18.3 Å². The number of nitrogens with zero attached hydrogens (tertiary/aromatic N) is 5. The molecule has 8 heteroatoms. The van der Waals surface area contributed by atoms with Crippen LogP contribution in [-0.2, 0) is 20.1 Å². The molecular formula is C17H22Cl2N6. The van der Waals surface area contributed by atoms with E-state index in [1.807, 2.05) is 11.7 Å². The topological polar surface area (TPSA) is 60.6 Å². The van der Waals surface area contributed by atoms with Crippen LogP contribution >= 0.6 is 24.8 Å². The average molecular weight is 381 g/mol. The number of halogens is 2. The Balaban J connectivity index is 0.000000911. The lowest BCUT2D eigenvalue weighted by molar-refractivity contribution is 0.588. The van der Waals surface area contributed by atoms with Crippen molar-refractivity contribution >= 4 is 35.8 Å². The molecule has 3 aromatic rings. The Bertz CT molecular complexity index is 873. The highest BCUT2D eigenvalue weighted by Crippen LogP contribution is 2.43. The first-order valence-corrected chi connectivity index (χ1v) is 8.40. The second-order valence-electron chi connectivity index (χ2n) is 6.69. The van der Waals surface area contributed by atoms with E-state index in [1.165, 1.54) is 29.5 Å². The summed E-state index contributed by atoms with van der Waals surface area (Å²) in [5.41, 5.74) is 5.40. The number of pyridine rings is 1. The largest absolute Gasteiger partial charge is 0.311 e. The lowest BCUT2D eigenvalue weighted by atomic mass is 10.1. The Morgan fingerprint density at radius 1 is 1.12 bits per heavy atom. The lowest BCUT2D eigenvalue weighted by Crippen LogP contribution is -2.11. The predicted octanol–water partition coefficient (Wildman–Crippen LogP) is 3.05. The monoisotopic (exact) mass is 380 g/mol. The zero-order valence-electron chi connectivity index (χ0n) is 14.1. The van der Waals surface area contributed by atoms with E-state index in [9.17, 15) is 0 Å². The zero-order valence-corrected chi connectivity index (χ0v) is 15.7. The second kappa shape index (κ2) is 6.94. The molecule has 0 unspecified atom stereocenters. The first kappa shape index (κ1) is 18.2. The molecule has 0 saturated heterocycles. The smallest absolute Gasteiger partial charge is 0.182 e. The maximum absolute atomic E-state index is 4.80. The molecule has 2 aliphatic rings. The molecule has 0 atom stereocenters. The van der Waals surface area contributed by atoms with Crippen molar-refractivity contribution in [2.75, 3.05) is 6.54 Å². The Kier molecular flexibility index (Phi) is 5.04. The molecule has 0 bridgehead atoms. The van der Waals surface area contributed by atoms with Crippen molar-refractivity contribution < 1.29 is 0 Å². The molecule has 4 heterocycles. The lowest BCUT2D eigenvalue weighted by Gasteiger charge is -2.03. The van der Waals surface area contributed by atoms with Gasteiger partial charge in [0.05, 0.1) is 11.4 Å². The van der Waals surface area contributed by atoms with Gasteiger partial charge in [-0.25, -0.2) is 4.98 Å². The Hall–Kier alpha value is -1.63. The summed E-state index contributed by atoms with van der Waals surface area (Å²) in [5.74, 6) is 0.672. The van der Waals surface area contributed by atoms with E-state index < -0.39 is 0 Å². The molecule has 1 aliphatic heterocycles. The fourth-order valence-corrected chi connectivity index (χ4v) is 3.48. The van der Waals surface area contributed by atoms with Crippen molar-refractivity contribution in [1.29, 1.82) is 0 Å². The van der Waals surface area contributed by atoms with Crippen LogP contribution in [0.5, 0.6) is 0 Å². The van der Waals surface area contributed by atoms with E-state index in [-0.39, 0.29) is 24.8 Å². The molecule has 25 heavy (non-hydrogen) atoms. The van der Waals surface area contributed by atoms with Gasteiger partial charge in [-0.3, -0.25) is 9.36 Å². The van der Waals surface area contributed by atoms with Crippen LogP contribution in [0.3, 0.4) is 0 Å². The summed E-state index contributed by atoms with van der Waals surface area (Å²) < 4.78 is 3.98. The normalized spacial score (nSPS) is 16.7. The van der Waals surface area contributed by atoms with Crippen molar-refractivity contribution in [2.24, 2.45) is 7.05 Å². The van der Waals surface area contributed by atoms with Gasteiger partial charge in [0, 0.05) is 31.7 Å². The van der Waals surface area contributed by atoms with Crippen LogP contribution in [0.2, 0.25) is 0 Å². The molecule has 1 saturated carbocycles. The summed E-state index contributed by atoms with van der Waals surface area (Å²) in [6.45, 7) is 2.92. The third-order valence-corrected chi connectivity index (χ3v) is 4.81. The van der Waals surface area contributed by atoms with Gasteiger partial charge in [0.1, 0.15) is 5.69 Å². The second-order valence-corrected chi connectivity index (χ2v) is 6.69. The van der Waals surface area contributed by atoms with Crippen LogP contribution in [0.1, 0.15) is 36.4 Å². The van der Waals surface area contributed by atoms with Gasteiger partial charge >= 0.3 is 0 Å².